The van der Waals surface area contributed by atoms with Crippen molar-refractivity contribution in [2.75, 3.05) is 31.9 Å². The van der Waals surface area contributed by atoms with Crippen LogP contribution in [-0.2, 0) is 22.4 Å². The monoisotopic (exact) mass is 620 g/mol. The number of nitriles is 1. The van der Waals surface area contributed by atoms with Gasteiger partial charge in [0.15, 0.2) is 5.49 Å². The molecule has 0 aliphatic carbocycles. The number of hydrogen-bond donors (Lipinski definition) is 2. The van der Waals surface area contributed by atoms with Gasteiger partial charge < -0.3 is 20.1 Å². The van der Waals surface area contributed by atoms with E-state index in [0.29, 0.717) is 52.5 Å². The lowest BCUT2D eigenvalue weighted by atomic mass is 9.94. The van der Waals surface area contributed by atoms with Crippen LogP contribution < -0.4 is 30.8 Å². The van der Waals surface area contributed by atoms with Gasteiger partial charge in [-0.1, -0.05) is 61.3 Å². The molecule has 4 rings (SSSR count). The van der Waals surface area contributed by atoms with E-state index < -0.39 is 17.7 Å². The van der Waals surface area contributed by atoms with Gasteiger partial charge in [-0.2, -0.15) is 15.2 Å². The molecule has 0 bridgehead atoms. The molecule has 2 heterocycles. The van der Waals surface area contributed by atoms with Gasteiger partial charge >= 0.3 is 0 Å². The highest BCUT2D eigenvalue weighted by atomic mass is 35.5. The summed E-state index contributed by atoms with van der Waals surface area (Å²) in [6.07, 6.45) is 4.35. The number of anilines is 2. The number of fused-ring (bicyclic) bond motifs is 1. The molecular formula is C31H30Cl2N6O4. The van der Waals surface area contributed by atoms with Gasteiger partial charge in [-0.25, -0.2) is 4.98 Å². The molecule has 0 radical (unpaired) electrons. The fourth-order valence-corrected chi connectivity index (χ4v) is 5.36. The number of methoxy groups -OCH3 is 2. The van der Waals surface area contributed by atoms with E-state index >= 15 is 0 Å². The van der Waals surface area contributed by atoms with E-state index in [-0.39, 0.29) is 27.0 Å². The van der Waals surface area contributed by atoms with Crippen molar-refractivity contribution < 1.29 is 19.1 Å². The quantitative estimate of drug-likeness (QED) is 0.251. The topological polar surface area (TPSA) is 139 Å². The molecule has 1 unspecified atom stereocenters. The summed E-state index contributed by atoms with van der Waals surface area (Å²) < 4.78 is 10.8. The average molecular weight is 622 g/mol. The maximum Gasteiger partial charge on any atom is 0.265 e. The minimum Gasteiger partial charge on any atom is -0.495 e. The van der Waals surface area contributed by atoms with E-state index in [1.165, 1.54) is 14.2 Å². The summed E-state index contributed by atoms with van der Waals surface area (Å²) in [5.41, 5.74) is 2.75. The highest BCUT2D eigenvalue weighted by Crippen LogP contribution is 2.44. The van der Waals surface area contributed by atoms with Gasteiger partial charge in [0.1, 0.15) is 23.1 Å². The number of hydrogen-bond acceptors (Lipinski definition) is 8. The highest BCUT2D eigenvalue weighted by molar-refractivity contribution is 6.38. The maximum atomic E-state index is 13.3. The van der Waals surface area contributed by atoms with Crippen molar-refractivity contribution in [3.63, 3.8) is 0 Å². The molecule has 1 aliphatic rings. The third-order valence-corrected chi connectivity index (χ3v) is 7.44. The van der Waals surface area contributed by atoms with Crippen LogP contribution in [0, 0.1) is 17.2 Å². The van der Waals surface area contributed by atoms with E-state index in [2.05, 4.69) is 25.6 Å². The van der Waals surface area contributed by atoms with Crippen LogP contribution in [0.3, 0.4) is 0 Å². The van der Waals surface area contributed by atoms with Crippen molar-refractivity contribution in [2.24, 2.45) is 10.9 Å². The van der Waals surface area contributed by atoms with Crippen LogP contribution in [0.4, 0.5) is 11.6 Å². The molecule has 1 atom stereocenters. The number of aromatic nitrogens is 2. The van der Waals surface area contributed by atoms with Gasteiger partial charge in [0.05, 0.1) is 35.9 Å². The molecular weight excluding hydrogens is 591 g/mol. The van der Waals surface area contributed by atoms with E-state index in [4.69, 9.17) is 32.7 Å². The Morgan fingerprint density at radius 1 is 1.12 bits per heavy atom. The minimum absolute atomic E-state index is 0.0597. The molecule has 12 heteroatoms. The zero-order chi connectivity index (χ0) is 31.3. The second-order valence-corrected chi connectivity index (χ2v) is 10.7. The van der Waals surface area contributed by atoms with Gasteiger partial charge in [0.25, 0.3) is 11.8 Å². The molecule has 222 valence electrons. The zero-order valence-corrected chi connectivity index (χ0v) is 25.8. The number of nitrogens with zero attached hydrogens (tertiary/aromatic N) is 4. The van der Waals surface area contributed by atoms with Crippen molar-refractivity contribution >= 4 is 52.7 Å². The summed E-state index contributed by atoms with van der Waals surface area (Å²) in [5, 5.41) is 16.0. The first-order chi connectivity index (χ1) is 20.6. The summed E-state index contributed by atoms with van der Waals surface area (Å²) in [6.45, 7) is 3.80. The summed E-state index contributed by atoms with van der Waals surface area (Å²) in [6, 6.07) is 10.9. The number of ether oxygens (including phenoxy) is 2. The van der Waals surface area contributed by atoms with Gasteiger partial charge in [-0.15, -0.1) is 0 Å². The maximum absolute atomic E-state index is 13.3. The molecule has 0 saturated heterocycles. The Labute approximate surface area is 259 Å². The second kappa shape index (κ2) is 13.7. The largest absolute Gasteiger partial charge is 0.495 e. The fraction of sp³-hybridized carbons (Fsp3) is 0.290. The van der Waals surface area contributed by atoms with Gasteiger partial charge in [0, 0.05) is 29.6 Å². The van der Waals surface area contributed by atoms with Crippen molar-refractivity contribution in [3.8, 4) is 17.6 Å². The molecule has 2 amide bonds. The Morgan fingerprint density at radius 2 is 1.81 bits per heavy atom. The third-order valence-electron chi connectivity index (χ3n) is 6.66. The van der Waals surface area contributed by atoms with Crippen molar-refractivity contribution in [1.29, 1.82) is 5.26 Å². The zero-order valence-electron chi connectivity index (χ0n) is 24.3. The number of amides is 2. The number of aryl methyl sites for hydroxylation is 2. The van der Waals surface area contributed by atoms with Gasteiger partial charge in [0.2, 0.25) is 5.95 Å². The smallest absolute Gasteiger partial charge is 0.265 e. The van der Waals surface area contributed by atoms with Crippen LogP contribution in [0.2, 0.25) is 10.0 Å². The Hall–Kier alpha value is -4.46. The predicted octanol–water partition coefficient (Wildman–Crippen LogP) is 4.40. The molecule has 1 aliphatic heterocycles. The lowest BCUT2D eigenvalue weighted by Gasteiger charge is -2.20. The number of carbonyl (C=O) groups is 2. The molecule has 43 heavy (non-hydrogen) atoms. The average Bonchev–Trinajstić information content (AvgIpc) is 2.99. The third kappa shape index (κ3) is 6.96. The molecule has 2 aromatic carbocycles. The number of allylic oxidation sites excluding steroid dienone is 1. The fourth-order valence-electron chi connectivity index (χ4n) is 4.62. The number of benzene rings is 2. The Kier molecular flexibility index (Phi) is 10.0. The normalized spacial score (nSPS) is 14.3. The number of rotatable bonds is 10. The van der Waals surface area contributed by atoms with Crippen molar-refractivity contribution in [2.45, 2.75) is 32.6 Å². The van der Waals surface area contributed by atoms with Crippen LogP contribution in [0.15, 0.2) is 47.0 Å². The van der Waals surface area contributed by atoms with Crippen LogP contribution in [0.1, 0.15) is 36.6 Å². The van der Waals surface area contributed by atoms with Crippen LogP contribution in [-0.4, -0.2) is 43.0 Å². The van der Waals surface area contributed by atoms with Gasteiger partial charge in [-0.05, 0) is 36.5 Å². The van der Waals surface area contributed by atoms with E-state index in [9.17, 15) is 14.9 Å². The first kappa shape index (κ1) is 31.5. The lowest BCUT2D eigenvalue weighted by Crippen LogP contribution is -2.40. The second-order valence-electron chi connectivity index (χ2n) is 9.99. The van der Waals surface area contributed by atoms with E-state index in [0.717, 1.165) is 5.56 Å². The Balaban J connectivity index is 1.70. The summed E-state index contributed by atoms with van der Waals surface area (Å²) in [4.78, 5) is 39.2. The number of carbonyl (C=O) groups excluding carboxylic acids is 2. The molecule has 0 spiro atoms. The summed E-state index contributed by atoms with van der Waals surface area (Å²) in [5.74, 6) is -0.894. The minimum atomic E-state index is -0.925. The SMILES string of the molecule is CNc1nc(CCc2cccc(NC(=O)C(C#N)=CC(C)C)c2)c2c(n1)=NC(=O)C(c1c(Cl)c(OC)cc(OC)c1Cl)C=2. The number of nitrogens with one attached hydrogen (secondary N) is 2. The molecule has 10 nitrogen and oxygen atoms in total. The molecule has 0 saturated carbocycles. The first-order valence-electron chi connectivity index (χ1n) is 13.4. The first-order valence-corrected chi connectivity index (χ1v) is 14.2. The van der Waals surface area contributed by atoms with Crippen molar-refractivity contribution in [1.82, 2.24) is 9.97 Å². The Morgan fingerprint density at radius 3 is 2.42 bits per heavy atom. The molecule has 1 aromatic heterocycles. The van der Waals surface area contributed by atoms with Crippen LogP contribution in [0.25, 0.3) is 6.08 Å². The number of halogens is 2. The molecule has 3 aromatic rings. The van der Waals surface area contributed by atoms with E-state index in [1.54, 1.807) is 31.3 Å². The standard InChI is InChI=1S/C31H30Cl2N6O4/c1-16(2)11-18(15-34)29(40)36-19-8-6-7-17(12-19)9-10-22-20-13-21(30(41)38-28(20)39-31(35-3)37-22)25-26(32)23(42-4)14-24(43-5)27(25)33/h6-8,11-14,16,21H,9-10H2,1-5H3,(H,36,40)(H,35,38,39,41). The van der Waals surface area contributed by atoms with Crippen molar-refractivity contribution in [3.05, 3.63) is 79.6 Å². The predicted molar refractivity (Wildman–Crippen MR) is 165 cm³/mol. The summed E-state index contributed by atoms with van der Waals surface area (Å²) >= 11 is 13.3. The summed E-state index contributed by atoms with van der Waals surface area (Å²) in [7, 11) is 4.60. The highest BCUT2D eigenvalue weighted by Gasteiger charge is 2.30. The van der Waals surface area contributed by atoms with Crippen LogP contribution in [0.5, 0.6) is 11.5 Å². The van der Waals surface area contributed by atoms with E-state index in [1.807, 2.05) is 38.1 Å². The molecule has 0 fully saturated rings. The Bertz CT molecular complexity index is 1750. The lowest BCUT2D eigenvalue weighted by molar-refractivity contribution is -0.118. The van der Waals surface area contributed by atoms with Crippen LogP contribution >= 0.6 is 23.2 Å². The van der Waals surface area contributed by atoms with Gasteiger partial charge in [-0.3, -0.25) is 9.59 Å². The molecule has 2 N–H and O–H groups in total.